The lowest BCUT2D eigenvalue weighted by molar-refractivity contribution is 0.473. The molecule has 3 heterocycles. The number of nitrogens with zero attached hydrogens (tertiary/aromatic N) is 2. The zero-order valence-corrected chi connectivity index (χ0v) is 13.5. The molecule has 1 aliphatic carbocycles. The molecule has 0 bridgehead atoms. The molecule has 0 aromatic carbocycles. The van der Waals surface area contributed by atoms with Crippen molar-refractivity contribution in [2.24, 2.45) is 0 Å². The zero-order chi connectivity index (χ0) is 15.3. The summed E-state index contributed by atoms with van der Waals surface area (Å²) in [6, 6.07) is 2.00. The van der Waals surface area contributed by atoms with E-state index in [9.17, 15) is 8.42 Å². The number of hydrogen-bond acceptors (Lipinski definition) is 4. The van der Waals surface area contributed by atoms with Crippen LogP contribution in [0, 0.1) is 0 Å². The maximum absolute atomic E-state index is 12.3. The second kappa shape index (κ2) is 5.11. The normalized spacial score (nSPS) is 23.2. The van der Waals surface area contributed by atoms with Crippen LogP contribution < -0.4 is 5.32 Å². The molecule has 6 nitrogen and oxygen atoms in total. The lowest BCUT2D eigenvalue weighted by Gasteiger charge is -2.18. The lowest BCUT2D eigenvalue weighted by Crippen LogP contribution is -2.34. The Morgan fingerprint density at radius 1 is 1.36 bits per heavy atom. The molecule has 22 heavy (non-hydrogen) atoms. The van der Waals surface area contributed by atoms with Crippen molar-refractivity contribution < 1.29 is 8.42 Å². The number of sulfonamides is 1. The van der Waals surface area contributed by atoms with Crippen LogP contribution in [0.25, 0.3) is 11.0 Å². The summed E-state index contributed by atoms with van der Waals surface area (Å²) in [5.74, 6) is 0. The van der Waals surface area contributed by atoms with E-state index in [2.05, 4.69) is 15.3 Å². The minimum atomic E-state index is -3.09. The Balaban J connectivity index is 1.54. The molecule has 1 saturated heterocycles. The Bertz CT molecular complexity index is 815. The average Bonchev–Trinajstić information content (AvgIpc) is 3.07. The van der Waals surface area contributed by atoms with E-state index in [1.807, 2.05) is 12.3 Å². The van der Waals surface area contributed by atoms with Gasteiger partial charge in [-0.15, -0.1) is 0 Å². The van der Waals surface area contributed by atoms with E-state index in [-0.39, 0.29) is 11.3 Å². The van der Waals surface area contributed by atoms with Gasteiger partial charge in [0.25, 0.3) is 0 Å². The largest absolute Gasteiger partial charge is 0.379 e. The van der Waals surface area contributed by atoms with Gasteiger partial charge in [-0.3, -0.25) is 0 Å². The highest BCUT2D eigenvalue weighted by Crippen LogP contribution is 2.34. The molecule has 1 atom stereocenters. The third kappa shape index (κ3) is 2.37. The minimum absolute atomic E-state index is 0.0755. The lowest BCUT2D eigenvalue weighted by atomic mass is 10.2. The maximum Gasteiger partial charge on any atom is 0.217 e. The fourth-order valence-electron chi connectivity index (χ4n) is 2.99. The second-order valence-electron chi connectivity index (χ2n) is 5.95. The summed E-state index contributed by atoms with van der Waals surface area (Å²) in [6.07, 6.45) is 5.82. The van der Waals surface area contributed by atoms with Crippen molar-refractivity contribution in [3.63, 3.8) is 0 Å². The van der Waals surface area contributed by atoms with Crippen molar-refractivity contribution >= 4 is 38.3 Å². The summed E-state index contributed by atoms with van der Waals surface area (Å²) >= 11 is 6.25. The van der Waals surface area contributed by atoms with Crippen molar-refractivity contribution in [2.45, 2.75) is 30.6 Å². The number of hydrogen-bond donors (Lipinski definition) is 2. The van der Waals surface area contributed by atoms with Crippen LogP contribution in [0.1, 0.15) is 19.3 Å². The maximum atomic E-state index is 12.3. The molecule has 0 spiro atoms. The predicted octanol–water partition coefficient (Wildman–Crippen LogP) is 2.19. The first-order valence-electron chi connectivity index (χ1n) is 7.43. The van der Waals surface area contributed by atoms with Crippen molar-refractivity contribution in [1.82, 2.24) is 14.3 Å². The summed E-state index contributed by atoms with van der Waals surface area (Å²) in [7, 11) is -3.09. The van der Waals surface area contributed by atoms with E-state index in [1.165, 1.54) is 0 Å². The molecule has 118 valence electrons. The van der Waals surface area contributed by atoms with Crippen LogP contribution in [0.2, 0.25) is 5.02 Å². The number of fused-ring (bicyclic) bond motifs is 1. The predicted molar refractivity (Wildman–Crippen MR) is 86.6 cm³/mol. The molecule has 0 amide bonds. The Morgan fingerprint density at radius 3 is 2.95 bits per heavy atom. The van der Waals surface area contributed by atoms with Crippen LogP contribution in [-0.2, 0) is 10.0 Å². The van der Waals surface area contributed by atoms with Gasteiger partial charge in [-0.1, -0.05) is 11.6 Å². The Labute approximate surface area is 133 Å². The topological polar surface area (TPSA) is 78.1 Å². The van der Waals surface area contributed by atoms with E-state index in [0.29, 0.717) is 18.1 Å². The quantitative estimate of drug-likeness (QED) is 0.894. The van der Waals surface area contributed by atoms with Gasteiger partial charge in [0.15, 0.2) is 0 Å². The molecular formula is C14H17ClN4O2S. The van der Waals surface area contributed by atoms with E-state index >= 15 is 0 Å². The number of rotatable bonds is 4. The number of H-pyrrole nitrogens is 1. The second-order valence-corrected chi connectivity index (χ2v) is 8.57. The highest BCUT2D eigenvalue weighted by atomic mass is 35.5. The number of halogens is 1. The summed E-state index contributed by atoms with van der Waals surface area (Å²) < 4.78 is 26.2. The Kier molecular flexibility index (Phi) is 3.32. The summed E-state index contributed by atoms with van der Waals surface area (Å²) in [4.78, 5) is 7.28. The number of pyridine rings is 1. The monoisotopic (exact) mass is 340 g/mol. The third-order valence-electron chi connectivity index (χ3n) is 4.35. The molecule has 4 rings (SSSR count). The van der Waals surface area contributed by atoms with E-state index in [4.69, 9.17) is 11.6 Å². The number of aromatic amines is 1. The molecule has 0 radical (unpaired) electrons. The standard InChI is InChI=1S/C14H17ClN4O2S/c15-12-7-17-14-11(3-5-16-14)13(12)18-9-4-6-19(8-9)22(20,21)10-1-2-10/h3,5,7,9-10H,1-2,4,6,8H2,(H2,16,17,18)/t9-/m0/s1. The third-order valence-corrected chi connectivity index (χ3v) is 7.00. The fourth-order valence-corrected chi connectivity index (χ4v) is 5.09. The van der Waals surface area contributed by atoms with Gasteiger partial charge in [-0.25, -0.2) is 13.4 Å². The van der Waals surface area contributed by atoms with E-state index < -0.39 is 10.0 Å². The fraction of sp³-hybridized carbons (Fsp3) is 0.500. The van der Waals surface area contributed by atoms with Gasteiger partial charge in [0.2, 0.25) is 10.0 Å². The van der Waals surface area contributed by atoms with E-state index in [1.54, 1.807) is 10.5 Å². The van der Waals surface area contributed by atoms with Crippen LogP contribution >= 0.6 is 11.6 Å². The van der Waals surface area contributed by atoms with Crippen LogP contribution in [0.5, 0.6) is 0 Å². The molecule has 1 saturated carbocycles. The zero-order valence-electron chi connectivity index (χ0n) is 11.9. The summed E-state index contributed by atoms with van der Waals surface area (Å²) in [5.41, 5.74) is 1.59. The Morgan fingerprint density at radius 2 is 2.18 bits per heavy atom. The highest BCUT2D eigenvalue weighted by Gasteiger charge is 2.42. The molecular weight excluding hydrogens is 324 g/mol. The number of nitrogens with one attached hydrogen (secondary N) is 2. The van der Waals surface area contributed by atoms with E-state index in [0.717, 1.165) is 36.0 Å². The van der Waals surface area contributed by atoms with Crippen LogP contribution in [-0.4, -0.2) is 47.1 Å². The van der Waals surface area contributed by atoms with Gasteiger partial charge in [0.05, 0.1) is 22.2 Å². The summed E-state index contributed by atoms with van der Waals surface area (Å²) in [6.45, 7) is 1.08. The van der Waals surface area contributed by atoms with Gasteiger partial charge < -0.3 is 10.3 Å². The molecule has 2 aromatic rings. The first kappa shape index (κ1) is 14.3. The van der Waals surface area contributed by atoms with Crippen LogP contribution in [0.4, 0.5) is 5.69 Å². The molecule has 2 N–H and O–H groups in total. The molecule has 8 heteroatoms. The van der Waals surface area contributed by atoms with Crippen molar-refractivity contribution in [1.29, 1.82) is 0 Å². The Hall–Kier alpha value is -1.31. The number of anilines is 1. The van der Waals surface area contributed by atoms with Gasteiger partial charge >= 0.3 is 0 Å². The number of aromatic nitrogens is 2. The van der Waals surface area contributed by atoms with Gasteiger partial charge in [-0.05, 0) is 25.3 Å². The molecule has 1 aliphatic heterocycles. The molecule has 0 unspecified atom stereocenters. The van der Waals surface area contributed by atoms with Crippen LogP contribution in [0.15, 0.2) is 18.5 Å². The van der Waals surface area contributed by atoms with Crippen LogP contribution in [0.3, 0.4) is 0 Å². The SMILES string of the molecule is O=S(=O)(C1CC1)N1CC[C@H](Nc2c(Cl)cnc3[nH]ccc23)C1. The first-order chi connectivity index (χ1) is 10.6. The van der Waals surface area contributed by atoms with Gasteiger partial charge in [0, 0.05) is 30.7 Å². The van der Waals surface area contributed by atoms with Gasteiger partial charge in [-0.2, -0.15) is 4.31 Å². The smallest absolute Gasteiger partial charge is 0.217 e. The first-order valence-corrected chi connectivity index (χ1v) is 9.31. The van der Waals surface area contributed by atoms with Gasteiger partial charge in [0.1, 0.15) is 5.65 Å². The van der Waals surface area contributed by atoms with Crippen molar-refractivity contribution in [3.8, 4) is 0 Å². The molecule has 2 fully saturated rings. The molecule has 2 aliphatic rings. The minimum Gasteiger partial charge on any atom is -0.379 e. The summed E-state index contributed by atoms with van der Waals surface area (Å²) in [5, 5.41) is 4.73. The highest BCUT2D eigenvalue weighted by molar-refractivity contribution is 7.90. The average molecular weight is 341 g/mol. The molecule has 2 aromatic heterocycles. The van der Waals surface area contributed by atoms with Crippen molar-refractivity contribution in [3.05, 3.63) is 23.5 Å². The van der Waals surface area contributed by atoms with Crippen molar-refractivity contribution in [2.75, 3.05) is 18.4 Å².